The molecule has 8 nitrogen and oxygen atoms in total. The molecule has 1 spiro atoms. The number of rotatable bonds is 4. The van der Waals surface area contributed by atoms with Gasteiger partial charge in [-0.25, -0.2) is 13.4 Å². The lowest BCUT2D eigenvalue weighted by Gasteiger charge is -2.46. The Morgan fingerprint density at radius 1 is 1.27 bits per heavy atom. The molecule has 1 atom stereocenters. The molecular weight excluding hydrogens is 479 g/mol. The molecule has 0 bridgehead atoms. The summed E-state index contributed by atoms with van der Waals surface area (Å²) in [6.45, 7) is 0. The van der Waals surface area contributed by atoms with Crippen LogP contribution < -0.4 is 4.90 Å². The summed E-state index contributed by atoms with van der Waals surface area (Å²) in [6.07, 6.45) is -2.64. The number of nitriles is 1. The van der Waals surface area contributed by atoms with E-state index in [1.54, 1.807) is 18.2 Å². The van der Waals surface area contributed by atoms with Crippen LogP contribution in [0.1, 0.15) is 30.5 Å². The van der Waals surface area contributed by atoms with Gasteiger partial charge < -0.3 is 0 Å². The first-order valence-electron chi connectivity index (χ1n) is 9.77. The van der Waals surface area contributed by atoms with Crippen LogP contribution in [0, 0.1) is 11.3 Å². The number of thiol groups is 1. The van der Waals surface area contributed by atoms with Crippen molar-refractivity contribution in [3.05, 3.63) is 53.9 Å². The maximum absolute atomic E-state index is 13.5. The Hall–Kier alpha value is -2.66. The van der Waals surface area contributed by atoms with E-state index in [-0.39, 0.29) is 10.6 Å². The summed E-state index contributed by atoms with van der Waals surface area (Å²) in [5, 5.41) is 10.3. The first-order chi connectivity index (χ1) is 15.4. The van der Waals surface area contributed by atoms with E-state index in [1.807, 2.05) is 0 Å². The number of nitrogens with zero attached hydrogens (tertiary/aromatic N) is 5. The molecule has 1 aromatic carbocycles. The van der Waals surface area contributed by atoms with Crippen LogP contribution in [0.3, 0.4) is 0 Å². The third kappa shape index (κ3) is 3.57. The normalized spacial score (nSPS) is 20.8. The summed E-state index contributed by atoms with van der Waals surface area (Å²) in [5.74, 6) is -0.580. The van der Waals surface area contributed by atoms with Crippen molar-refractivity contribution in [1.82, 2.24) is 14.4 Å². The molecule has 13 heteroatoms. The second kappa shape index (κ2) is 7.98. The molecule has 4 rings (SSSR count). The molecule has 1 saturated heterocycles. The number of sulfonamides is 1. The van der Waals surface area contributed by atoms with Gasteiger partial charge in [0.2, 0.25) is 0 Å². The molecular formula is C20H18F3N5O3S2. The van der Waals surface area contributed by atoms with Gasteiger partial charge in [0.05, 0.1) is 22.3 Å². The van der Waals surface area contributed by atoms with Crippen molar-refractivity contribution < 1.29 is 26.4 Å². The van der Waals surface area contributed by atoms with Crippen LogP contribution >= 0.6 is 12.6 Å². The summed E-state index contributed by atoms with van der Waals surface area (Å²) in [6, 6.07) is 9.64. The molecule has 174 valence electrons. The number of anilines is 1. The average molecular weight is 498 g/mol. The molecule has 2 aliphatic rings. The van der Waals surface area contributed by atoms with Gasteiger partial charge >= 0.3 is 6.18 Å². The fraction of sp³-hybridized carbons (Fsp3) is 0.350. The van der Waals surface area contributed by atoms with E-state index in [1.165, 1.54) is 30.3 Å². The number of hydrogen-bond acceptors (Lipinski definition) is 7. The van der Waals surface area contributed by atoms with E-state index >= 15 is 0 Å². The smallest absolute Gasteiger partial charge is 0.282 e. The minimum absolute atomic E-state index is 0.00666. The standard InChI is InChI=1S/C20H18F3N5O3S2/c1-26(33(30,31)14-6-3-2-4-7-14)28-18(32)27(17(29)19(28)8-5-9-19)13-10-15(20(21,22)23)16(11-24)25-12-13/h2-4,6-7,10,12,18,32H,5,8-9H2,1H3. The van der Waals surface area contributed by atoms with E-state index in [0.717, 1.165) is 15.5 Å². The minimum atomic E-state index is -4.87. The van der Waals surface area contributed by atoms with Crippen LogP contribution in [0.2, 0.25) is 0 Å². The summed E-state index contributed by atoms with van der Waals surface area (Å²) in [7, 11) is -2.80. The molecule has 0 radical (unpaired) electrons. The maximum atomic E-state index is 13.5. The molecule has 1 saturated carbocycles. The molecule has 2 aromatic rings. The molecule has 33 heavy (non-hydrogen) atoms. The highest BCUT2D eigenvalue weighted by Gasteiger charge is 2.63. The lowest BCUT2D eigenvalue weighted by atomic mass is 9.76. The van der Waals surface area contributed by atoms with Crippen LogP contribution in [-0.2, 0) is 21.0 Å². The van der Waals surface area contributed by atoms with Crippen molar-refractivity contribution in [3.8, 4) is 6.07 Å². The maximum Gasteiger partial charge on any atom is 0.419 e. The Labute approximate surface area is 193 Å². The monoisotopic (exact) mass is 497 g/mol. The first-order valence-corrected chi connectivity index (χ1v) is 11.7. The van der Waals surface area contributed by atoms with Crippen molar-refractivity contribution >= 4 is 34.2 Å². The molecule has 2 fully saturated rings. The Morgan fingerprint density at radius 3 is 2.42 bits per heavy atom. The Balaban J connectivity index is 1.79. The number of benzene rings is 1. The number of amides is 1. The summed E-state index contributed by atoms with van der Waals surface area (Å²) >= 11 is 4.44. The van der Waals surface area contributed by atoms with Gasteiger partial charge in [0.25, 0.3) is 15.9 Å². The van der Waals surface area contributed by atoms with Gasteiger partial charge in [-0.2, -0.15) is 23.4 Å². The number of alkyl halides is 3. The Bertz CT molecular complexity index is 1240. The zero-order valence-electron chi connectivity index (χ0n) is 17.2. The van der Waals surface area contributed by atoms with Crippen molar-refractivity contribution in [2.75, 3.05) is 11.9 Å². The fourth-order valence-electron chi connectivity index (χ4n) is 4.13. The zero-order valence-corrected chi connectivity index (χ0v) is 18.9. The SMILES string of the molecule is CN(N1C(S)N(c2cnc(C#N)c(C(F)(F)F)c2)C(=O)C12CCC2)S(=O)(=O)c1ccccc1. The third-order valence-corrected chi connectivity index (χ3v) is 8.13. The topological polar surface area (TPSA) is 97.6 Å². The Kier molecular flexibility index (Phi) is 5.68. The van der Waals surface area contributed by atoms with Crippen LogP contribution in [0.25, 0.3) is 0 Å². The second-order valence-electron chi connectivity index (χ2n) is 7.70. The van der Waals surface area contributed by atoms with Gasteiger partial charge in [0, 0.05) is 7.05 Å². The fourth-order valence-corrected chi connectivity index (χ4v) is 6.10. The van der Waals surface area contributed by atoms with Crippen molar-refractivity contribution in [2.24, 2.45) is 0 Å². The second-order valence-corrected chi connectivity index (χ2v) is 10.1. The predicted molar refractivity (Wildman–Crippen MR) is 114 cm³/mol. The highest BCUT2D eigenvalue weighted by atomic mass is 32.2. The lowest BCUT2D eigenvalue weighted by molar-refractivity contribution is -0.138. The largest absolute Gasteiger partial charge is 0.419 e. The van der Waals surface area contributed by atoms with Crippen molar-refractivity contribution in [3.63, 3.8) is 0 Å². The van der Waals surface area contributed by atoms with E-state index in [9.17, 15) is 26.4 Å². The van der Waals surface area contributed by atoms with Gasteiger partial charge in [0.1, 0.15) is 17.1 Å². The van der Waals surface area contributed by atoms with Gasteiger partial charge in [-0.3, -0.25) is 9.69 Å². The van der Waals surface area contributed by atoms with Crippen LogP contribution in [0.5, 0.6) is 0 Å². The van der Waals surface area contributed by atoms with Gasteiger partial charge in [-0.05, 0) is 37.5 Å². The molecule has 1 aliphatic heterocycles. The predicted octanol–water partition coefficient (Wildman–Crippen LogP) is 2.99. The van der Waals surface area contributed by atoms with Crippen molar-refractivity contribution in [2.45, 2.75) is 41.4 Å². The highest BCUT2D eigenvalue weighted by molar-refractivity contribution is 7.89. The summed E-state index contributed by atoms with van der Waals surface area (Å²) in [4.78, 5) is 18.0. The number of carbonyl (C=O) groups is 1. The van der Waals surface area contributed by atoms with Gasteiger partial charge in [-0.1, -0.05) is 18.2 Å². The number of hydrazine groups is 1. The van der Waals surface area contributed by atoms with Crippen LogP contribution in [0.4, 0.5) is 18.9 Å². The molecule has 1 amide bonds. The van der Waals surface area contributed by atoms with E-state index < -0.39 is 44.4 Å². The lowest BCUT2D eigenvalue weighted by Crippen LogP contribution is -2.61. The van der Waals surface area contributed by atoms with Gasteiger partial charge in [-0.15, -0.1) is 17.0 Å². The molecule has 2 heterocycles. The molecule has 0 N–H and O–H groups in total. The van der Waals surface area contributed by atoms with Crippen molar-refractivity contribution in [1.29, 1.82) is 5.26 Å². The Morgan fingerprint density at radius 2 is 1.91 bits per heavy atom. The number of carbonyl (C=O) groups excluding carboxylic acids is 1. The van der Waals surface area contributed by atoms with Crippen LogP contribution in [-0.4, -0.2) is 46.8 Å². The van der Waals surface area contributed by atoms with E-state index in [2.05, 4.69) is 17.6 Å². The molecule has 1 aromatic heterocycles. The highest BCUT2D eigenvalue weighted by Crippen LogP contribution is 2.49. The minimum Gasteiger partial charge on any atom is -0.282 e. The first kappa shape index (κ1) is 23.5. The van der Waals surface area contributed by atoms with E-state index in [4.69, 9.17) is 5.26 Å². The number of pyridine rings is 1. The molecule has 1 aliphatic carbocycles. The quantitative estimate of drug-likeness (QED) is 0.653. The summed E-state index contributed by atoms with van der Waals surface area (Å²) < 4.78 is 67.8. The third-order valence-electron chi connectivity index (χ3n) is 5.94. The average Bonchev–Trinajstić information content (AvgIpc) is 2.99. The number of halogens is 3. The number of hydrogen-bond donors (Lipinski definition) is 1. The van der Waals surface area contributed by atoms with E-state index in [0.29, 0.717) is 25.3 Å². The molecule has 1 unspecified atom stereocenters. The summed E-state index contributed by atoms with van der Waals surface area (Å²) in [5.41, 5.74) is -4.84. The zero-order chi connectivity index (χ0) is 24.2. The van der Waals surface area contributed by atoms with Gasteiger partial charge in [0.15, 0.2) is 5.69 Å². The van der Waals surface area contributed by atoms with Crippen LogP contribution in [0.15, 0.2) is 47.5 Å². The number of aromatic nitrogens is 1.